The summed E-state index contributed by atoms with van der Waals surface area (Å²) in [6, 6.07) is 15.3. The summed E-state index contributed by atoms with van der Waals surface area (Å²) >= 11 is 0. The van der Waals surface area contributed by atoms with E-state index in [0.717, 1.165) is 30.0 Å². The molecular formula is C20H20N4O2. The van der Waals surface area contributed by atoms with Crippen LogP contribution in [0.3, 0.4) is 0 Å². The average molecular weight is 348 g/mol. The van der Waals surface area contributed by atoms with Crippen molar-refractivity contribution < 1.29 is 9.21 Å². The maximum atomic E-state index is 12.6. The van der Waals surface area contributed by atoms with Crippen molar-refractivity contribution >= 4 is 11.7 Å². The molecular weight excluding hydrogens is 328 g/mol. The number of rotatable bonds is 3. The molecule has 0 radical (unpaired) electrons. The molecule has 0 N–H and O–H groups in total. The van der Waals surface area contributed by atoms with Crippen LogP contribution in [0.5, 0.6) is 0 Å². The molecule has 1 saturated heterocycles. The average Bonchev–Trinajstić information content (AvgIpc) is 3.23. The predicted octanol–water partition coefficient (Wildman–Crippen LogP) is 3.01. The van der Waals surface area contributed by atoms with Gasteiger partial charge in [-0.2, -0.15) is 0 Å². The maximum Gasteiger partial charge on any atom is 0.253 e. The fourth-order valence-corrected chi connectivity index (χ4v) is 3.15. The van der Waals surface area contributed by atoms with Gasteiger partial charge in [0.05, 0.1) is 6.26 Å². The monoisotopic (exact) mass is 348 g/mol. The third kappa shape index (κ3) is 3.31. The fraction of sp³-hybridized carbons (Fsp3) is 0.250. The molecule has 4 rings (SSSR count). The number of nitrogens with zero attached hydrogens (tertiary/aromatic N) is 4. The molecule has 3 aromatic rings. The zero-order valence-electron chi connectivity index (χ0n) is 14.6. The summed E-state index contributed by atoms with van der Waals surface area (Å²) in [5.74, 6) is 1.62. The minimum absolute atomic E-state index is 0.0904. The molecule has 132 valence electrons. The van der Waals surface area contributed by atoms with E-state index in [9.17, 15) is 4.79 Å². The Bertz CT molecular complexity index is 882. The molecule has 1 amide bonds. The highest BCUT2D eigenvalue weighted by Gasteiger charge is 2.23. The Morgan fingerprint density at radius 1 is 1.00 bits per heavy atom. The van der Waals surface area contributed by atoms with Crippen LogP contribution in [0.1, 0.15) is 15.9 Å². The second-order valence-corrected chi connectivity index (χ2v) is 6.40. The summed E-state index contributed by atoms with van der Waals surface area (Å²) in [6.07, 6.45) is 1.62. The number of aryl methyl sites for hydroxylation is 1. The van der Waals surface area contributed by atoms with E-state index in [4.69, 9.17) is 4.42 Å². The van der Waals surface area contributed by atoms with Crippen molar-refractivity contribution in [3.63, 3.8) is 0 Å². The van der Waals surface area contributed by atoms with E-state index in [1.54, 1.807) is 6.26 Å². The van der Waals surface area contributed by atoms with Gasteiger partial charge in [-0.3, -0.25) is 4.79 Å². The van der Waals surface area contributed by atoms with Gasteiger partial charge in [0.25, 0.3) is 5.91 Å². The van der Waals surface area contributed by atoms with Crippen molar-refractivity contribution in [3.05, 3.63) is 65.9 Å². The Morgan fingerprint density at radius 3 is 2.50 bits per heavy atom. The minimum Gasteiger partial charge on any atom is -0.463 e. The number of piperazine rings is 1. The third-order valence-corrected chi connectivity index (χ3v) is 4.58. The lowest BCUT2D eigenvalue weighted by atomic mass is 10.1. The third-order valence-electron chi connectivity index (χ3n) is 4.58. The first-order chi connectivity index (χ1) is 12.7. The van der Waals surface area contributed by atoms with Crippen LogP contribution >= 0.6 is 0 Å². The fourth-order valence-electron chi connectivity index (χ4n) is 3.15. The second-order valence-electron chi connectivity index (χ2n) is 6.40. The van der Waals surface area contributed by atoms with Crippen LogP contribution in [0.4, 0.5) is 5.82 Å². The van der Waals surface area contributed by atoms with Gasteiger partial charge in [0.15, 0.2) is 11.6 Å². The molecule has 6 nitrogen and oxygen atoms in total. The molecule has 1 fully saturated rings. The number of carbonyl (C=O) groups is 1. The van der Waals surface area contributed by atoms with Crippen LogP contribution in [-0.2, 0) is 0 Å². The highest BCUT2D eigenvalue weighted by molar-refractivity contribution is 5.94. The predicted molar refractivity (Wildman–Crippen MR) is 99.0 cm³/mol. The smallest absolute Gasteiger partial charge is 0.253 e. The van der Waals surface area contributed by atoms with Gasteiger partial charge in [-0.1, -0.05) is 17.7 Å². The Hall–Kier alpha value is -3.15. The summed E-state index contributed by atoms with van der Waals surface area (Å²) in [5, 5.41) is 8.55. The normalized spacial score (nSPS) is 14.5. The standard InChI is InChI=1S/C20H20N4O2/c1-15-4-2-5-16(14-15)20(25)24-11-9-23(10-12-24)19-8-7-17(21-22-19)18-6-3-13-26-18/h2-8,13-14H,9-12H2,1H3. The van der Waals surface area contributed by atoms with Crippen molar-refractivity contribution in [2.24, 2.45) is 0 Å². The van der Waals surface area contributed by atoms with E-state index in [1.807, 2.05) is 60.4 Å². The molecule has 0 spiro atoms. The summed E-state index contributed by atoms with van der Waals surface area (Å²) in [7, 11) is 0. The second kappa shape index (κ2) is 7.00. The Labute approximate surface area is 152 Å². The van der Waals surface area contributed by atoms with Gasteiger partial charge >= 0.3 is 0 Å². The molecule has 1 aromatic carbocycles. The van der Waals surface area contributed by atoms with Gasteiger partial charge in [0.2, 0.25) is 0 Å². The van der Waals surface area contributed by atoms with Crippen molar-refractivity contribution in [1.29, 1.82) is 0 Å². The number of furan rings is 1. The van der Waals surface area contributed by atoms with Crippen LogP contribution in [0.25, 0.3) is 11.5 Å². The molecule has 0 unspecified atom stereocenters. The van der Waals surface area contributed by atoms with Gasteiger partial charge in [0.1, 0.15) is 5.69 Å². The van der Waals surface area contributed by atoms with E-state index in [2.05, 4.69) is 15.1 Å². The Balaban J connectivity index is 1.39. The lowest BCUT2D eigenvalue weighted by Gasteiger charge is -2.35. The molecule has 2 aromatic heterocycles. The highest BCUT2D eigenvalue weighted by atomic mass is 16.3. The Morgan fingerprint density at radius 2 is 1.85 bits per heavy atom. The molecule has 6 heteroatoms. The number of hydrogen-bond donors (Lipinski definition) is 0. The topological polar surface area (TPSA) is 62.5 Å². The van der Waals surface area contributed by atoms with Crippen molar-refractivity contribution in [2.75, 3.05) is 31.1 Å². The van der Waals surface area contributed by atoms with E-state index in [1.165, 1.54) is 0 Å². The van der Waals surface area contributed by atoms with Crippen molar-refractivity contribution in [2.45, 2.75) is 6.92 Å². The first-order valence-electron chi connectivity index (χ1n) is 8.69. The largest absolute Gasteiger partial charge is 0.463 e. The van der Waals surface area contributed by atoms with Crippen LogP contribution in [0.2, 0.25) is 0 Å². The highest BCUT2D eigenvalue weighted by Crippen LogP contribution is 2.20. The van der Waals surface area contributed by atoms with Gasteiger partial charge in [-0.05, 0) is 43.3 Å². The molecule has 0 atom stereocenters. The molecule has 1 aliphatic rings. The Kier molecular flexibility index (Phi) is 4.39. The van der Waals surface area contributed by atoms with Crippen molar-refractivity contribution in [1.82, 2.24) is 15.1 Å². The van der Waals surface area contributed by atoms with Crippen LogP contribution in [-0.4, -0.2) is 47.2 Å². The quantitative estimate of drug-likeness (QED) is 0.728. The summed E-state index contributed by atoms with van der Waals surface area (Å²) < 4.78 is 5.34. The van der Waals surface area contributed by atoms with E-state index in [0.29, 0.717) is 24.5 Å². The van der Waals surface area contributed by atoms with E-state index >= 15 is 0 Å². The molecule has 3 heterocycles. The number of carbonyl (C=O) groups excluding carboxylic acids is 1. The summed E-state index contributed by atoms with van der Waals surface area (Å²) in [4.78, 5) is 16.7. The summed E-state index contributed by atoms with van der Waals surface area (Å²) in [6.45, 7) is 4.83. The first kappa shape index (κ1) is 16.3. The number of hydrogen-bond acceptors (Lipinski definition) is 5. The minimum atomic E-state index is 0.0904. The lowest BCUT2D eigenvalue weighted by Crippen LogP contribution is -2.49. The molecule has 0 saturated carbocycles. The van der Waals surface area contributed by atoms with Crippen molar-refractivity contribution in [3.8, 4) is 11.5 Å². The van der Waals surface area contributed by atoms with Crippen LogP contribution < -0.4 is 4.90 Å². The number of amides is 1. The molecule has 26 heavy (non-hydrogen) atoms. The SMILES string of the molecule is Cc1cccc(C(=O)N2CCN(c3ccc(-c4ccco4)nn3)CC2)c1. The number of anilines is 1. The molecule has 0 aliphatic carbocycles. The maximum absolute atomic E-state index is 12.6. The lowest BCUT2D eigenvalue weighted by molar-refractivity contribution is 0.0746. The van der Waals surface area contributed by atoms with Crippen LogP contribution in [0, 0.1) is 6.92 Å². The summed E-state index contributed by atoms with van der Waals surface area (Å²) in [5.41, 5.74) is 2.56. The zero-order chi connectivity index (χ0) is 17.9. The zero-order valence-corrected chi connectivity index (χ0v) is 14.6. The number of aromatic nitrogens is 2. The van der Waals surface area contributed by atoms with Crippen LogP contribution in [0.15, 0.2) is 59.2 Å². The molecule has 0 bridgehead atoms. The van der Waals surface area contributed by atoms with Gasteiger partial charge in [0, 0.05) is 31.7 Å². The van der Waals surface area contributed by atoms with E-state index in [-0.39, 0.29) is 5.91 Å². The number of benzene rings is 1. The molecule has 1 aliphatic heterocycles. The first-order valence-corrected chi connectivity index (χ1v) is 8.69. The van der Waals surface area contributed by atoms with Gasteiger partial charge in [-0.15, -0.1) is 10.2 Å². The van der Waals surface area contributed by atoms with Gasteiger partial charge in [-0.25, -0.2) is 0 Å². The van der Waals surface area contributed by atoms with Gasteiger partial charge < -0.3 is 14.2 Å². The van der Waals surface area contributed by atoms with E-state index < -0.39 is 0 Å².